The molecule has 0 heterocycles. The van der Waals surface area contributed by atoms with Crippen molar-refractivity contribution < 1.29 is 18.0 Å². The van der Waals surface area contributed by atoms with Crippen LogP contribution in [0.3, 0.4) is 0 Å². The van der Waals surface area contributed by atoms with Gasteiger partial charge in [0.2, 0.25) is 11.8 Å². The van der Waals surface area contributed by atoms with E-state index in [1.54, 1.807) is 24.3 Å². The summed E-state index contributed by atoms with van der Waals surface area (Å²) < 4.78 is 30.3. The molecule has 4 aromatic carbocycles. The fourth-order valence-corrected chi connectivity index (χ4v) is 7.07. The van der Waals surface area contributed by atoms with E-state index in [2.05, 4.69) is 21.2 Å². The summed E-state index contributed by atoms with van der Waals surface area (Å²) in [5.74, 6) is -0.577. The van der Waals surface area contributed by atoms with Crippen molar-refractivity contribution in [3.8, 4) is 0 Å². The van der Waals surface area contributed by atoms with E-state index in [9.17, 15) is 18.0 Å². The number of aryl methyl sites for hydroxylation is 2. The Hall–Kier alpha value is -3.95. The number of nitrogens with one attached hydrogen (secondary N) is 1. The topological polar surface area (TPSA) is 86.8 Å². The van der Waals surface area contributed by atoms with Gasteiger partial charge in [-0.2, -0.15) is 0 Å². The molecule has 0 aliphatic rings. The molecular weight excluding hydrogens is 650 g/mol. The van der Waals surface area contributed by atoms with Crippen LogP contribution in [0.5, 0.6) is 0 Å². The van der Waals surface area contributed by atoms with Crippen molar-refractivity contribution in [2.75, 3.05) is 17.4 Å². The van der Waals surface area contributed by atoms with Crippen molar-refractivity contribution in [1.82, 2.24) is 10.2 Å². The molecule has 4 rings (SSSR count). The molecule has 0 unspecified atom stereocenters. The standard InChI is InChI=1S/C36H40BrN3O4S/c1-26(2)23-38-36(42)34(22-29-12-7-5-8-13-29)39(24-30-14-11-15-31(37)21-30)35(41)25-40(33-19-18-27(3)20-28(33)4)45(43,44)32-16-9-6-10-17-32/h5-21,26,34H,22-25H2,1-4H3,(H,38,42)/t34-/m1/s1. The van der Waals surface area contributed by atoms with Crippen LogP contribution in [0.1, 0.15) is 36.1 Å². The lowest BCUT2D eigenvalue weighted by Gasteiger charge is -2.34. The third-order valence-corrected chi connectivity index (χ3v) is 9.70. The number of amides is 2. The summed E-state index contributed by atoms with van der Waals surface area (Å²) in [7, 11) is -4.15. The highest BCUT2D eigenvalue weighted by molar-refractivity contribution is 9.10. The molecule has 0 saturated carbocycles. The zero-order valence-corrected chi connectivity index (χ0v) is 28.5. The van der Waals surface area contributed by atoms with Crippen molar-refractivity contribution >= 4 is 43.5 Å². The average Bonchev–Trinajstić information content (AvgIpc) is 3.01. The van der Waals surface area contributed by atoms with Crippen LogP contribution in [-0.4, -0.2) is 44.3 Å². The van der Waals surface area contributed by atoms with Crippen molar-refractivity contribution in [2.45, 2.75) is 51.6 Å². The summed E-state index contributed by atoms with van der Waals surface area (Å²) in [4.78, 5) is 30.0. The largest absolute Gasteiger partial charge is 0.354 e. The lowest BCUT2D eigenvalue weighted by Crippen LogP contribution is -2.53. The number of carbonyl (C=O) groups excluding carboxylic acids is 2. The lowest BCUT2D eigenvalue weighted by atomic mass is 10.0. The molecule has 0 fully saturated rings. The number of rotatable bonds is 13. The van der Waals surface area contributed by atoms with Crippen molar-refractivity contribution in [3.05, 3.63) is 130 Å². The Morgan fingerprint density at radius 3 is 2.09 bits per heavy atom. The SMILES string of the molecule is Cc1ccc(N(CC(=O)N(Cc2cccc(Br)c2)[C@H](Cc2ccccc2)C(=O)NCC(C)C)S(=O)(=O)c2ccccc2)c(C)c1. The average molecular weight is 691 g/mol. The summed E-state index contributed by atoms with van der Waals surface area (Å²) in [6.07, 6.45) is 0.263. The van der Waals surface area contributed by atoms with Gasteiger partial charge in [-0.15, -0.1) is 0 Å². The smallest absolute Gasteiger partial charge is 0.264 e. The first kappa shape index (κ1) is 33.9. The first-order chi connectivity index (χ1) is 21.5. The number of hydrogen-bond acceptors (Lipinski definition) is 4. The predicted molar refractivity (Wildman–Crippen MR) is 183 cm³/mol. The molecule has 1 N–H and O–H groups in total. The summed E-state index contributed by atoms with van der Waals surface area (Å²) in [6, 6.07) is 29.7. The Labute approximate surface area is 275 Å². The van der Waals surface area contributed by atoms with Gasteiger partial charge in [0, 0.05) is 24.0 Å². The summed E-state index contributed by atoms with van der Waals surface area (Å²) in [6.45, 7) is 7.84. The van der Waals surface area contributed by atoms with Gasteiger partial charge in [0.1, 0.15) is 12.6 Å². The number of benzene rings is 4. The Morgan fingerprint density at radius 1 is 0.822 bits per heavy atom. The van der Waals surface area contributed by atoms with Gasteiger partial charge in [0.25, 0.3) is 10.0 Å². The molecule has 0 radical (unpaired) electrons. The van der Waals surface area contributed by atoms with Crippen molar-refractivity contribution in [1.29, 1.82) is 0 Å². The maximum atomic E-state index is 14.6. The third-order valence-electron chi connectivity index (χ3n) is 7.43. The van der Waals surface area contributed by atoms with Crippen LogP contribution in [0.25, 0.3) is 0 Å². The third kappa shape index (κ3) is 9.05. The van der Waals surface area contributed by atoms with Gasteiger partial charge in [0.15, 0.2) is 0 Å². The van der Waals surface area contributed by atoms with E-state index in [1.165, 1.54) is 21.3 Å². The highest BCUT2D eigenvalue weighted by Crippen LogP contribution is 2.28. The summed E-state index contributed by atoms with van der Waals surface area (Å²) >= 11 is 3.52. The van der Waals surface area contributed by atoms with Gasteiger partial charge in [0.05, 0.1) is 10.6 Å². The Balaban J connectivity index is 1.82. The van der Waals surface area contributed by atoms with Gasteiger partial charge in [-0.25, -0.2) is 8.42 Å². The number of hydrogen-bond donors (Lipinski definition) is 1. The minimum Gasteiger partial charge on any atom is -0.354 e. The first-order valence-electron chi connectivity index (χ1n) is 15.0. The maximum absolute atomic E-state index is 14.6. The molecule has 236 valence electrons. The molecule has 9 heteroatoms. The molecule has 0 aromatic heterocycles. The summed E-state index contributed by atoms with van der Waals surface area (Å²) in [5, 5.41) is 3.02. The van der Waals surface area contributed by atoms with Gasteiger partial charge in [-0.05, 0) is 66.8 Å². The minimum atomic E-state index is -4.15. The molecule has 45 heavy (non-hydrogen) atoms. The van der Waals surface area contributed by atoms with E-state index in [0.717, 1.165) is 26.7 Å². The number of anilines is 1. The monoisotopic (exact) mass is 689 g/mol. The molecule has 0 aliphatic heterocycles. The highest BCUT2D eigenvalue weighted by atomic mass is 79.9. The van der Waals surface area contributed by atoms with Crippen LogP contribution in [0, 0.1) is 19.8 Å². The second-order valence-electron chi connectivity index (χ2n) is 11.6. The lowest BCUT2D eigenvalue weighted by molar-refractivity contribution is -0.140. The van der Waals surface area contributed by atoms with Gasteiger partial charge in [-0.1, -0.05) is 108 Å². The van der Waals surface area contributed by atoms with Gasteiger partial charge in [-0.3, -0.25) is 13.9 Å². The number of carbonyl (C=O) groups is 2. The van der Waals surface area contributed by atoms with E-state index in [4.69, 9.17) is 0 Å². The Morgan fingerprint density at radius 2 is 1.47 bits per heavy atom. The van der Waals surface area contributed by atoms with E-state index in [0.29, 0.717) is 12.2 Å². The van der Waals surface area contributed by atoms with Crippen LogP contribution < -0.4 is 9.62 Å². The molecule has 0 aliphatic carbocycles. The molecular formula is C36H40BrN3O4S. The molecule has 4 aromatic rings. The van der Waals surface area contributed by atoms with E-state index < -0.39 is 28.5 Å². The fourth-order valence-electron chi connectivity index (χ4n) is 5.13. The molecule has 0 saturated heterocycles. The van der Waals surface area contributed by atoms with Crippen LogP contribution in [0.15, 0.2) is 112 Å². The Bertz CT molecular complexity index is 1710. The van der Waals surface area contributed by atoms with Crippen molar-refractivity contribution in [3.63, 3.8) is 0 Å². The number of sulfonamides is 1. The zero-order chi connectivity index (χ0) is 32.6. The van der Waals surface area contributed by atoms with Gasteiger partial charge >= 0.3 is 0 Å². The normalized spacial score (nSPS) is 12.0. The van der Waals surface area contributed by atoms with Crippen LogP contribution in [0.2, 0.25) is 0 Å². The number of halogens is 1. The quantitative estimate of drug-likeness (QED) is 0.170. The van der Waals surface area contributed by atoms with E-state index in [-0.39, 0.29) is 29.7 Å². The Kier molecular flexibility index (Phi) is 11.6. The summed E-state index contributed by atoms with van der Waals surface area (Å²) in [5.41, 5.74) is 3.79. The number of nitrogens with zero attached hydrogens (tertiary/aromatic N) is 2. The molecule has 0 spiro atoms. The molecule has 2 amide bonds. The van der Waals surface area contributed by atoms with Crippen LogP contribution in [-0.2, 0) is 32.6 Å². The van der Waals surface area contributed by atoms with E-state index in [1.807, 2.05) is 94.4 Å². The minimum absolute atomic E-state index is 0.0758. The molecule has 7 nitrogen and oxygen atoms in total. The molecule has 0 bridgehead atoms. The molecule has 1 atom stereocenters. The van der Waals surface area contributed by atoms with Crippen molar-refractivity contribution in [2.24, 2.45) is 5.92 Å². The zero-order valence-electron chi connectivity index (χ0n) is 26.1. The second-order valence-corrected chi connectivity index (χ2v) is 14.4. The fraction of sp³-hybridized carbons (Fsp3) is 0.278. The highest BCUT2D eigenvalue weighted by Gasteiger charge is 2.35. The van der Waals surface area contributed by atoms with Gasteiger partial charge < -0.3 is 10.2 Å². The van der Waals surface area contributed by atoms with Crippen LogP contribution in [0.4, 0.5) is 5.69 Å². The maximum Gasteiger partial charge on any atom is 0.264 e. The van der Waals surface area contributed by atoms with Crippen LogP contribution >= 0.6 is 15.9 Å². The van der Waals surface area contributed by atoms with E-state index >= 15 is 0 Å². The first-order valence-corrected chi connectivity index (χ1v) is 17.2. The predicted octanol–water partition coefficient (Wildman–Crippen LogP) is 6.67. The second kappa shape index (κ2) is 15.4.